The predicted octanol–water partition coefficient (Wildman–Crippen LogP) is 3.65. The van der Waals surface area contributed by atoms with E-state index in [2.05, 4.69) is 39.5 Å². The SMILES string of the molecule is CC(C)C(COC(C)(C)C)C12CCCN1C[C@H](F)C2. The normalized spacial score (nSPS) is 33.9. The molecule has 2 nitrogen and oxygen atoms in total. The molecule has 2 fully saturated rings. The summed E-state index contributed by atoms with van der Waals surface area (Å²) < 4.78 is 20.0. The molecule has 3 atom stereocenters. The number of fused-ring (bicyclic) bond motifs is 1. The van der Waals surface area contributed by atoms with Crippen LogP contribution >= 0.6 is 0 Å². The zero-order valence-electron chi connectivity index (χ0n) is 13.2. The first-order chi connectivity index (χ1) is 8.74. The summed E-state index contributed by atoms with van der Waals surface area (Å²) in [5.74, 6) is 0.975. The summed E-state index contributed by atoms with van der Waals surface area (Å²) in [7, 11) is 0. The molecule has 0 N–H and O–H groups in total. The van der Waals surface area contributed by atoms with Gasteiger partial charge < -0.3 is 4.74 Å². The third kappa shape index (κ3) is 3.13. The number of ether oxygens (including phenoxy) is 1. The Morgan fingerprint density at radius 2 is 2.05 bits per heavy atom. The first-order valence-corrected chi connectivity index (χ1v) is 7.78. The van der Waals surface area contributed by atoms with Crippen LogP contribution in [0.3, 0.4) is 0 Å². The van der Waals surface area contributed by atoms with E-state index in [0.717, 1.165) is 19.6 Å². The fraction of sp³-hybridized carbons (Fsp3) is 1.00. The smallest absolute Gasteiger partial charge is 0.115 e. The summed E-state index contributed by atoms with van der Waals surface area (Å²) in [5.41, 5.74) is -0.0419. The summed E-state index contributed by atoms with van der Waals surface area (Å²) >= 11 is 0. The number of nitrogens with zero attached hydrogens (tertiary/aromatic N) is 1. The van der Waals surface area contributed by atoms with E-state index in [4.69, 9.17) is 4.74 Å². The molecular weight excluding hydrogens is 241 g/mol. The average Bonchev–Trinajstić information content (AvgIpc) is 2.71. The van der Waals surface area contributed by atoms with Crippen molar-refractivity contribution in [2.45, 2.75) is 71.2 Å². The minimum atomic E-state index is -0.642. The van der Waals surface area contributed by atoms with Crippen LogP contribution < -0.4 is 0 Å². The third-order valence-electron chi connectivity index (χ3n) is 4.85. The second-order valence-electron chi connectivity index (χ2n) is 7.73. The van der Waals surface area contributed by atoms with Crippen LogP contribution in [-0.4, -0.2) is 41.9 Å². The minimum absolute atomic E-state index is 0.0683. The van der Waals surface area contributed by atoms with E-state index < -0.39 is 6.17 Å². The fourth-order valence-electron chi connectivity index (χ4n) is 4.03. The number of alkyl halides is 1. The second-order valence-corrected chi connectivity index (χ2v) is 7.73. The van der Waals surface area contributed by atoms with E-state index in [1.165, 1.54) is 6.42 Å². The van der Waals surface area contributed by atoms with Crippen molar-refractivity contribution in [3.8, 4) is 0 Å². The largest absolute Gasteiger partial charge is 0.375 e. The highest BCUT2D eigenvalue weighted by molar-refractivity contribution is 5.07. The van der Waals surface area contributed by atoms with Crippen molar-refractivity contribution in [3.63, 3.8) is 0 Å². The quantitative estimate of drug-likeness (QED) is 0.774. The summed E-state index contributed by atoms with van der Waals surface area (Å²) in [5, 5.41) is 0. The molecule has 0 aromatic rings. The zero-order valence-corrected chi connectivity index (χ0v) is 13.2. The van der Waals surface area contributed by atoms with E-state index >= 15 is 0 Å². The molecule has 0 amide bonds. The molecule has 2 rings (SSSR count). The van der Waals surface area contributed by atoms with Crippen molar-refractivity contribution >= 4 is 0 Å². The van der Waals surface area contributed by atoms with Gasteiger partial charge in [0.1, 0.15) is 6.17 Å². The molecule has 0 spiro atoms. The molecule has 19 heavy (non-hydrogen) atoms. The Morgan fingerprint density at radius 3 is 2.63 bits per heavy atom. The maximum absolute atomic E-state index is 13.9. The molecule has 2 aliphatic rings. The van der Waals surface area contributed by atoms with Gasteiger partial charge in [0, 0.05) is 18.0 Å². The van der Waals surface area contributed by atoms with E-state index in [-0.39, 0.29) is 11.1 Å². The minimum Gasteiger partial charge on any atom is -0.375 e. The molecule has 2 aliphatic heterocycles. The van der Waals surface area contributed by atoms with Crippen molar-refractivity contribution < 1.29 is 9.13 Å². The van der Waals surface area contributed by atoms with Crippen LogP contribution in [0.2, 0.25) is 0 Å². The molecule has 0 aromatic carbocycles. The molecule has 0 saturated carbocycles. The Balaban J connectivity index is 2.13. The molecule has 2 unspecified atom stereocenters. The second kappa shape index (κ2) is 5.33. The van der Waals surface area contributed by atoms with Gasteiger partial charge in [-0.1, -0.05) is 13.8 Å². The molecule has 0 aromatic heterocycles. The number of hydrogen-bond donors (Lipinski definition) is 0. The lowest BCUT2D eigenvalue weighted by molar-refractivity contribution is -0.0628. The summed E-state index contributed by atoms with van der Waals surface area (Å²) in [6.07, 6.45) is 2.43. The Labute approximate surface area is 117 Å². The molecule has 0 radical (unpaired) electrons. The number of rotatable bonds is 4. The first kappa shape index (κ1) is 15.2. The molecule has 0 bridgehead atoms. The van der Waals surface area contributed by atoms with Gasteiger partial charge in [0.05, 0.1) is 12.2 Å². The van der Waals surface area contributed by atoms with Gasteiger partial charge in [-0.25, -0.2) is 4.39 Å². The number of halogens is 1. The van der Waals surface area contributed by atoms with Crippen LogP contribution in [0.1, 0.15) is 53.9 Å². The summed E-state index contributed by atoms with van der Waals surface area (Å²) in [6, 6.07) is 0. The topological polar surface area (TPSA) is 12.5 Å². The average molecular weight is 271 g/mol. The highest BCUT2D eigenvalue weighted by atomic mass is 19.1. The van der Waals surface area contributed by atoms with Crippen LogP contribution in [0.4, 0.5) is 4.39 Å². The Kier molecular flexibility index (Phi) is 4.27. The van der Waals surface area contributed by atoms with E-state index in [9.17, 15) is 4.39 Å². The van der Waals surface area contributed by atoms with Gasteiger partial charge in [-0.05, 0) is 52.5 Å². The van der Waals surface area contributed by atoms with Crippen molar-refractivity contribution in [2.24, 2.45) is 11.8 Å². The standard InChI is InChI=1S/C16H30FNO/c1-12(2)14(11-19-15(3,4)5)16-7-6-8-18(16)10-13(17)9-16/h12-14H,6-11H2,1-5H3/t13-,14?,16?/m1/s1. The van der Waals surface area contributed by atoms with E-state index in [1.807, 2.05) is 0 Å². The van der Waals surface area contributed by atoms with Crippen LogP contribution in [0.15, 0.2) is 0 Å². The predicted molar refractivity (Wildman–Crippen MR) is 77.1 cm³/mol. The highest BCUT2D eigenvalue weighted by Gasteiger charge is 2.53. The zero-order chi connectivity index (χ0) is 14.3. The van der Waals surface area contributed by atoms with Crippen molar-refractivity contribution in [1.82, 2.24) is 4.90 Å². The molecule has 112 valence electrons. The maximum Gasteiger partial charge on any atom is 0.115 e. The van der Waals surface area contributed by atoms with Crippen molar-refractivity contribution in [3.05, 3.63) is 0 Å². The number of hydrogen-bond acceptors (Lipinski definition) is 2. The van der Waals surface area contributed by atoms with Crippen molar-refractivity contribution in [2.75, 3.05) is 19.7 Å². The lowest BCUT2D eigenvalue weighted by Gasteiger charge is -2.43. The Morgan fingerprint density at radius 1 is 1.37 bits per heavy atom. The summed E-state index contributed by atoms with van der Waals surface area (Å²) in [6.45, 7) is 13.3. The van der Waals surface area contributed by atoms with Crippen molar-refractivity contribution in [1.29, 1.82) is 0 Å². The summed E-state index contributed by atoms with van der Waals surface area (Å²) in [4.78, 5) is 2.41. The lowest BCUT2D eigenvalue weighted by atomic mass is 9.74. The first-order valence-electron chi connectivity index (χ1n) is 7.78. The van der Waals surface area contributed by atoms with Gasteiger partial charge in [-0.2, -0.15) is 0 Å². The lowest BCUT2D eigenvalue weighted by Crippen LogP contribution is -2.49. The third-order valence-corrected chi connectivity index (χ3v) is 4.85. The van der Waals surface area contributed by atoms with Gasteiger partial charge in [0.15, 0.2) is 0 Å². The molecule has 2 heterocycles. The van der Waals surface area contributed by atoms with Gasteiger partial charge in [-0.3, -0.25) is 4.90 Å². The fourth-order valence-corrected chi connectivity index (χ4v) is 4.03. The van der Waals surface area contributed by atoms with E-state index in [0.29, 0.717) is 24.8 Å². The monoisotopic (exact) mass is 271 g/mol. The molecule has 3 heteroatoms. The maximum atomic E-state index is 13.9. The molecule has 0 aliphatic carbocycles. The van der Waals surface area contributed by atoms with Crippen LogP contribution in [0.25, 0.3) is 0 Å². The molecule has 2 saturated heterocycles. The van der Waals surface area contributed by atoms with Crippen LogP contribution in [-0.2, 0) is 4.74 Å². The van der Waals surface area contributed by atoms with Gasteiger partial charge in [0.2, 0.25) is 0 Å². The van der Waals surface area contributed by atoms with Crippen LogP contribution in [0.5, 0.6) is 0 Å². The Bertz CT molecular complexity index is 312. The van der Waals surface area contributed by atoms with Gasteiger partial charge in [0.25, 0.3) is 0 Å². The molecular formula is C16H30FNO. The van der Waals surface area contributed by atoms with E-state index in [1.54, 1.807) is 0 Å². The van der Waals surface area contributed by atoms with Gasteiger partial charge >= 0.3 is 0 Å². The van der Waals surface area contributed by atoms with Crippen LogP contribution in [0, 0.1) is 11.8 Å². The Hall–Kier alpha value is -0.150. The highest BCUT2D eigenvalue weighted by Crippen LogP contribution is 2.47. The van der Waals surface area contributed by atoms with Gasteiger partial charge in [-0.15, -0.1) is 0 Å².